The number of aromatic nitrogens is 2. The Labute approximate surface area is 106 Å². The van der Waals surface area contributed by atoms with Gasteiger partial charge in [0.1, 0.15) is 12.2 Å². The monoisotopic (exact) mass is 272 g/mol. The molecule has 0 spiro atoms. The van der Waals surface area contributed by atoms with Crippen LogP contribution in [-0.4, -0.2) is 44.2 Å². The number of H-pyrrole nitrogens is 1. The summed E-state index contributed by atoms with van der Waals surface area (Å²) in [4.78, 5) is 24.5. The minimum Gasteiger partial charge on any atom is -0.394 e. The van der Waals surface area contributed by atoms with Gasteiger partial charge in [0.15, 0.2) is 6.23 Å². The highest BCUT2D eigenvalue weighted by atomic mass is 19.1. The molecular formula is C11H13FN2O5. The summed E-state index contributed by atoms with van der Waals surface area (Å²) in [6.07, 6.45) is -2.50. The summed E-state index contributed by atoms with van der Waals surface area (Å²) in [7, 11) is 0. The van der Waals surface area contributed by atoms with Gasteiger partial charge in [0, 0.05) is 12.3 Å². The van der Waals surface area contributed by atoms with Gasteiger partial charge in [-0.05, 0) is 6.08 Å². The minimum atomic E-state index is -2.45. The third-order valence-electron chi connectivity index (χ3n) is 3.08. The number of ether oxygens (including phenoxy) is 1. The molecule has 1 saturated heterocycles. The molecule has 0 radical (unpaired) electrons. The van der Waals surface area contributed by atoms with E-state index in [4.69, 9.17) is 9.84 Å². The van der Waals surface area contributed by atoms with Gasteiger partial charge in [-0.1, -0.05) is 6.58 Å². The molecule has 3 N–H and O–H groups in total. The molecule has 1 aliphatic heterocycles. The summed E-state index contributed by atoms with van der Waals surface area (Å²) in [6.45, 7) is 2.66. The second-order valence-electron chi connectivity index (χ2n) is 4.20. The Morgan fingerprint density at radius 1 is 1.63 bits per heavy atom. The zero-order chi connectivity index (χ0) is 14.2. The second kappa shape index (κ2) is 4.72. The molecule has 0 unspecified atom stereocenters. The van der Waals surface area contributed by atoms with Gasteiger partial charge in [-0.3, -0.25) is 14.3 Å². The predicted molar refractivity (Wildman–Crippen MR) is 62.4 cm³/mol. The Kier molecular flexibility index (Phi) is 3.40. The van der Waals surface area contributed by atoms with E-state index in [1.807, 2.05) is 4.98 Å². The first-order valence-electron chi connectivity index (χ1n) is 5.52. The average Bonchev–Trinajstić information content (AvgIpc) is 2.63. The number of nitrogens with one attached hydrogen (secondary N) is 1. The third kappa shape index (κ3) is 2.03. The van der Waals surface area contributed by atoms with E-state index in [0.717, 1.165) is 22.9 Å². The van der Waals surface area contributed by atoms with E-state index in [1.165, 1.54) is 0 Å². The van der Waals surface area contributed by atoms with Crippen LogP contribution in [0.2, 0.25) is 0 Å². The largest absolute Gasteiger partial charge is 0.394 e. The molecule has 2 rings (SSSR count). The van der Waals surface area contributed by atoms with Gasteiger partial charge in [-0.25, -0.2) is 9.18 Å². The van der Waals surface area contributed by atoms with Crippen molar-refractivity contribution in [3.63, 3.8) is 0 Å². The van der Waals surface area contributed by atoms with Crippen molar-refractivity contribution in [2.45, 2.75) is 24.1 Å². The highest BCUT2D eigenvalue weighted by molar-refractivity contribution is 5.12. The number of alkyl halides is 1. The topological polar surface area (TPSA) is 105 Å². The van der Waals surface area contributed by atoms with Crippen LogP contribution >= 0.6 is 0 Å². The maximum Gasteiger partial charge on any atom is 0.330 e. The molecule has 0 aliphatic carbocycles. The zero-order valence-electron chi connectivity index (χ0n) is 9.82. The Bertz CT molecular complexity index is 597. The van der Waals surface area contributed by atoms with Crippen molar-refractivity contribution >= 4 is 0 Å². The molecule has 104 valence electrons. The Balaban J connectivity index is 2.51. The van der Waals surface area contributed by atoms with Crippen molar-refractivity contribution in [3.05, 3.63) is 45.8 Å². The molecule has 0 bridgehead atoms. The normalized spacial score (nSPS) is 34.4. The van der Waals surface area contributed by atoms with Gasteiger partial charge in [-0.2, -0.15) is 0 Å². The third-order valence-corrected chi connectivity index (χ3v) is 3.08. The van der Waals surface area contributed by atoms with Gasteiger partial charge in [0.25, 0.3) is 5.56 Å². The summed E-state index contributed by atoms with van der Waals surface area (Å²) in [5, 5.41) is 18.8. The van der Waals surface area contributed by atoms with Crippen LogP contribution in [0.3, 0.4) is 0 Å². The predicted octanol–water partition coefficient (Wildman–Crippen LogP) is -1.32. The summed E-state index contributed by atoms with van der Waals surface area (Å²) >= 11 is 0. The van der Waals surface area contributed by atoms with Crippen LogP contribution in [0.25, 0.3) is 0 Å². The summed E-state index contributed by atoms with van der Waals surface area (Å²) in [5.74, 6) is 0. The molecule has 8 heteroatoms. The van der Waals surface area contributed by atoms with Crippen LogP contribution in [0.1, 0.15) is 6.23 Å². The average molecular weight is 272 g/mol. The van der Waals surface area contributed by atoms with Gasteiger partial charge in [0.2, 0.25) is 5.67 Å². The molecule has 7 nitrogen and oxygen atoms in total. The fourth-order valence-electron chi connectivity index (χ4n) is 2.03. The van der Waals surface area contributed by atoms with E-state index < -0.39 is 42.0 Å². The first-order valence-corrected chi connectivity index (χ1v) is 5.52. The molecule has 2 heterocycles. The van der Waals surface area contributed by atoms with E-state index in [-0.39, 0.29) is 0 Å². The minimum absolute atomic E-state index is 0.616. The molecule has 19 heavy (non-hydrogen) atoms. The maximum atomic E-state index is 14.6. The maximum absolute atomic E-state index is 14.6. The van der Waals surface area contributed by atoms with Crippen molar-refractivity contribution in [2.75, 3.05) is 6.61 Å². The molecule has 1 aromatic rings. The molecule has 0 aromatic carbocycles. The number of hydrogen-bond acceptors (Lipinski definition) is 5. The molecular weight excluding hydrogens is 259 g/mol. The van der Waals surface area contributed by atoms with E-state index >= 15 is 0 Å². The van der Waals surface area contributed by atoms with Crippen LogP contribution < -0.4 is 11.2 Å². The molecule has 0 saturated carbocycles. The van der Waals surface area contributed by atoms with Crippen molar-refractivity contribution < 1.29 is 19.3 Å². The molecule has 1 aromatic heterocycles. The van der Waals surface area contributed by atoms with E-state index in [2.05, 4.69) is 6.58 Å². The lowest BCUT2D eigenvalue weighted by atomic mass is 9.96. The Morgan fingerprint density at radius 2 is 2.32 bits per heavy atom. The fraction of sp³-hybridized carbons (Fsp3) is 0.455. The van der Waals surface area contributed by atoms with E-state index in [9.17, 15) is 19.1 Å². The summed E-state index contributed by atoms with van der Waals surface area (Å²) in [6, 6.07) is 1.02. The van der Waals surface area contributed by atoms with Crippen molar-refractivity contribution in [2.24, 2.45) is 0 Å². The van der Waals surface area contributed by atoms with Gasteiger partial charge < -0.3 is 14.9 Å². The highest BCUT2D eigenvalue weighted by Crippen LogP contribution is 2.41. The number of halogens is 1. The molecule has 0 amide bonds. The van der Waals surface area contributed by atoms with Crippen molar-refractivity contribution in [3.8, 4) is 0 Å². The molecule has 1 aliphatic rings. The first-order chi connectivity index (χ1) is 8.93. The first kappa shape index (κ1) is 13.7. The smallest absolute Gasteiger partial charge is 0.330 e. The van der Waals surface area contributed by atoms with Crippen LogP contribution in [-0.2, 0) is 4.74 Å². The van der Waals surface area contributed by atoms with Crippen LogP contribution in [0, 0.1) is 0 Å². The van der Waals surface area contributed by atoms with Crippen molar-refractivity contribution in [1.29, 1.82) is 0 Å². The Hall–Kier alpha value is -1.77. The van der Waals surface area contributed by atoms with Gasteiger partial charge in [-0.15, -0.1) is 0 Å². The molecule has 4 atom stereocenters. The van der Waals surface area contributed by atoms with E-state index in [0.29, 0.717) is 0 Å². The molecule has 1 fully saturated rings. The quantitative estimate of drug-likeness (QED) is 0.592. The SMILES string of the molecule is C=C[C@@]1(F)[C@H](O)[C@@H](CO)O[C@H]1n1ccc(=O)[nH]c1=O. The fourth-order valence-corrected chi connectivity index (χ4v) is 2.03. The summed E-state index contributed by atoms with van der Waals surface area (Å²) in [5.41, 5.74) is -3.97. The van der Waals surface area contributed by atoms with Crippen LogP contribution in [0.15, 0.2) is 34.5 Å². The van der Waals surface area contributed by atoms with Crippen LogP contribution in [0.4, 0.5) is 4.39 Å². The number of aromatic amines is 1. The number of rotatable bonds is 3. The zero-order valence-corrected chi connectivity index (χ0v) is 9.82. The number of aliphatic hydroxyl groups excluding tert-OH is 2. The van der Waals surface area contributed by atoms with Gasteiger partial charge >= 0.3 is 5.69 Å². The number of nitrogens with zero attached hydrogens (tertiary/aromatic N) is 1. The lowest BCUT2D eigenvalue weighted by Gasteiger charge is -2.25. The van der Waals surface area contributed by atoms with E-state index in [1.54, 1.807) is 0 Å². The number of hydrogen-bond donors (Lipinski definition) is 3. The number of aliphatic hydroxyl groups is 2. The van der Waals surface area contributed by atoms with Crippen LogP contribution in [0.5, 0.6) is 0 Å². The highest BCUT2D eigenvalue weighted by Gasteiger charge is 2.56. The Morgan fingerprint density at radius 3 is 2.84 bits per heavy atom. The lowest BCUT2D eigenvalue weighted by molar-refractivity contribution is -0.0555. The standard InChI is InChI=1S/C11H13FN2O5/c1-2-11(12)8(17)6(5-15)19-9(11)14-4-3-7(16)13-10(14)18/h2-4,6,8-9,15,17H,1,5H2,(H,13,16,18)/t6-,8-,9-,11-/m1/s1. The lowest BCUT2D eigenvalue weighted by Crippen LogP contribution is -2.44. The van der Waals surface area contributed by atoms with Gasteiger partial charge in [0.05, 0.1) is 6.61 Å². The second-order valence-corrected chi connectivity index (χ2v) is 4.20. The summed E-state index contributed by atoms with van der Waals surface area (Å²) < 4.78 is 20.6. The van der Waals surface area contributed by atoms with Crippen molar-refractivity contribution in [1.82, 2.24) is 9.55 Å².